The van der Waals surface area contributed by atoms with Crippen LogP contribution in [0.3, 0.4) is 0 Å². The highest BCUT2D eigenvalue weighted by Crippen LogP contribution is 2.22. The third-order valence-corrected chi connectivity index (χ3v) is 5.39. The summed E-state index contributed by atoms with van der Waals surface area (Å²) >= 11 is 12.2. The third-order valence-electron chi connectivity index (χ3n) is 4.68. The molecule has 168 valence electrons. The van der Waals surface area contributed by atoms with Crippen LogP contribution in [0.25, 0.3) is 0 Å². The highest BCUT2D eigenvalue weighted by molar-refractivity contribution is 6.31. The minimum absolute atomic E-state index is 0.0187. The largest absolute Gasteiger partial charge is 0.350 e. The summed E-state index contributed by atoms with van der Waals surface area (Å²) in [6, 6.07) is 11.8. The number of nitrogens with one attached hydrogen (secondary N) is 2. The second kappa shape index (κ2) is 9.93. The number of nitrogens with zero attached hydrogens (tertiary/aromatic N) is 4. The van der Waals surface area contributed by atoms with Gasteiger partial charge in [0.2, 0.25) is 11.9 Å². The van der Waals surface area contributed by atoms with E-state index in [9.17, 15) is 13.6 Å². The molecule has 0 saturated heterocycles. The first kappa shape index (κ1) is 22.6. The lowest BCUT2D eigenvalue weighted by molar-refractivity contribution is 0.0947. The van der Waals surface area contributed by atoms with Crippen molar-refractivity contribution in [2.75, 3.05) is 10.6 Å². The van der Waals surface area contributed by atoms with Gasteiger partial charge in [0, 0.05) is 46.7 Å². The van der Waals surface area contributed by atoms with E-state index in [-0.39, 0.29) is 51.7 Å². The molecule has 4 rings (SSSR count). The molecule has 7 nitrogen and oxygen atoms in total. The molecule has 0 aliphatic rings. The van der Waals surface area contributed by atoms with E-state index >= 15 is 0 Å². The maximum Gasteiger partial charge on any atom is 0.283 e. The van der Waals surface area contributed by atoms with Crippen molar-refractivity contribution in [3.8, 4) is 0 Å². The van der Waals surface area contributed by atoms with Gasteiger partial charge in [-0.15, -0.1) is 5.10 Å². The predicted molar refractivity (Wildman–Crippen MR) is 121 cm³/mol. The van der Waals surface area contributed by atoms with Crippen molar-refractivity contribution >= 4 is 41.0 Å². The van der Waals surface area contributed by atoms with Crippen molar-refractivity contribution in [2.45, 2.75) is 13.1 Å². The van der Waals surface area contributed by atoms with E-state index in [1.54, 1.807) is 24.3 Å². The molecule has 0 aliphatic heterocycles. The summed E-state index contributed by atoms with van der Waals surface area (Å²) in [6.07, 6.45) is 2.91. The molecule has 0 saturated carbocycles. The van der Waals surface area contributed by atoms with Gasteiger partial charge >= 0.3 is 0 Å². The van der Waals surface area contributed by atoms with Gasteiger partial charge in [-0.2, -0.15) is 9.67 Å². The molecule has 0 amide bonds. The van der Waals surface area contributed by atoms with Gasteiger partial charge in [0.15, 0.2) is 0 Å². The molecule has 0 radical (unpaired) electrons. The SMILES string of the molecule is O=C(c1cccnc1)n1nc(NCc2c(F)cccc2Cl)nc1NCc1c(F)cccc1Cl. The van der Waals surface area contributed by atoms with Gasteiger partial charge in [-0.1, -0.05) is 35.3 Å². The van der Waals surface area contributed by atoms with E-state index in [1.165, 1.54) is 36.7 Å². The number of pyridine rings is 1. The van der Waals surface area contributed by atoms with Crippen molar-refractivity contribution in [3.63, 3.8) is 0 Å². The number of carbonyl (C=O) groups excluding carboxylic acids is 1. The van der Waals surface area contributed by atoms with Gasteiger partial charge in [0.25, 0.3) is 5.91 Å². The highest BCUT2D eigenvalue weighted by atomic mass is 35.5. The van der Waals surface area contributed by atoms with Crippen LogP contribution in [0, 0.1) is 11.6 Å². The second-order valence-corrected chi connectivity index (χ2v) is 7.64. The van der Waals surface area contributed by atoms with E-state index in [0.717, 1.165) is 4.68 Å². The molecule has 0 aliphatic carbocycles. The van der Waals surface area contributed by atoms with Crippen molar-refractivity contribution in [1.29, 1.82) is 0 Å². The number of halogens is 4. The van der Waals surface area contributed by atoms with Gasteiger partial charge in [-0.25, -0.2) is 8.78 Å². The summed E-state index contributed by atoms with van der Waals surface area (Å²) in [6.45, 7) is -0.0711. The summed E-state index contributed by atoms with van der Waals surface area (Å²) in [4.78, 5) is 21.2. The Morgan fingerprint density at radius 1 is 0.909 bits per heavy atom. The minimum atomic E-state index is -0.519. The number of aromatic nitrogens is 4. The van der Waals surface area contributed by atoms with Crippen LogP contribution in [0.2, 0.25) is 10.0 Å². The zero-order valence-corrected chi connectivity index (χ0v) is 18.4. The highest BCUT2D eigenvalue weighted by Gasteiger charge is 2.19. The van der Waals surface area contributed by atoms with Gasteiger partial charge < -0.3 is 10.6 Å². The fraction of sp³-hybridized carbons (Fsp3) is 0.0909. The quantitative estimate of drug-likeness (QED) is 0.373. The predicted octanol–water partition coefficient (Wildman–Crippen LogP) is 5.17. The first-order chi connectivity index (χ1) is 15.9. The van der Waals surface area contributed by atoms with Crippen LogP contribution in [0.4, 0.5) is 20.7 Å². The fourth-order valence-corrected chi connectivity index (χ4v) is 3.45. The molecular formula is C22H16Cl2F2N6O. The Balaban J connectivity index is 1.62. The lowest BCUT2D eigenvalue weighted by Crippen LogP contribution is -2.18. The lowest BCUT2D eigenvalue weighted by Gasteiger charge is -2.09. The summed E-state index contributed by atoms with van der Waals surface area (Å²) in [5.74, 6) is -1.45. The molecule has 0 unspecified atom stereocenters. The van der Waals surface area contributed by atoms with Gasteiger partial charge in [-0.3, -0.25) is 9.78 Å². The van der Waals surface area contributed by atoms with E-state index in [2.05, 4.69) is 25.7 Å². The fourth-order valence-electron chi connectivity index (χ4n) is 2.99. The monoisotopic (exact) mass is 488 g/mol. The third kappa shape index (κ3) is 5.10. The molecule has 2 N–H and O–H groups in total. The number of hydrogen-bond donors (Lipinski definition) is 2. The lowest BCUT2D eigenvalue weighted by atomic mass is 10.2. The Bertz CT molecular complexity index is 1260. The van der Waals surface area contributed by atoms with Crippen LogP contribution < -0.4 is 10.6 Å². The Hall–Kier alpha value is -3.56. The molecule has 2 aromatic carbocycles. The summed E-state index contributed by atoms with van der Waals surface area (Å²) in [7, 11) is 0. The normalized spacial score (nSPS) is 10.8. The average Bonchev–Trinajstić information content (AvgIpc) is 3.21. The molecule has 11 heteroatoms. The van der Waals surface area contributed by atoms with Crippen LogP contribution in [-0.4, -0.2) is 25.7 Å². The Morgan fingerprint density at radius 2 is 1.55 bits per heavy atom. The minimum Gasteiger partial charge on any atom is -0.350 e. The smallest absolute Gasteiger partial charge is 0.283 e. The van der Waals surface area contributed by atoms with E-state index in [1.807, 2.05) is 0 Å². The van der Waals surface area contributed by atoms with Crippen LogP contribution in [0.15, 0.2) is 60.9 Å². The first-order valence-corrected chi connectivity index (χ1v) is 10.4. The number of rotatable bonds is 7. The molecule has 2 heterocycles. The molecular weight excluding hydrogens is 473 g/mol. The summed E-state index contributed by atoms with van der Waals surface area (Å²) in [5.41, 5.74) is 0.690. The number of benzene rings is 2. The zero-order valence-electron chi connectivity index (χ0n) is 16.9. The summed E-state index contributed by atoms with van der Waals surface area (Å²) < 4.78 is 29.3. The number of carbonyl (C=O) groups is 1. The standard InChI is InChI=1S/C22H16Cl2F2N6O/c23-16-5-1-7-18(25)14(16)11-28-21-30-22(29-12-15-17(24)6-2-8-19(15)26)32(31-21)20(33)13-4-3-9-27-10-13/h1-10H,11-12H2,(H2,28,29,30,31). The van der Waals surface area contributed by atoms with E-state index in [0.29, 0.717) is 0 Å². The Kier molecular flexibility index (Phi) is 6.81. The second-order valence-electron chi connectivity index (χ2n) is 6.83. The number of hydrogen-bond acceptors (Lipinski definition) is 6. The van der Waals surface area contributed by atoms with Crippen LogP contribution in [0.5, 0.6) is 0 Å². The molecule has 0 bridgehead atoms. The average molecular weight is 489 g/mol. The molecule has 4 aromatic rings. The van der Waals surface area contributed by atoms with E-state index < -0.39 is 17.5 Å². The van der Waals surface area contributed by atoms with Gasteiger partial charge in [0.05, 0.1) is 5.56 Å². The maximum atomic E-state index is 14.2. The molecule has 0 spiro atoms. The number of anilines is 2. The molecule has 0 fully saturated rings. The van der Waals surface area contributed by atoms with Crippen molar-refractivity contribution in [2.24, 2.45) is 0 Å². The van der Waals surface area contributed by atoms with Crippen LogP contribution in [0.1, 0.15) is 21.5 Å². The first-order valence-electron chi connectivity index (χ1n) is 9.69. The molecule has 33 heavy (non-hydrogen) atoms. The topological polar surface area (TPSA) is 84.7 Å². The van der Waals surface area contributed by atoms with Crippen molar-refractivity contribution < 1.29 is 13.6 Å². The van der Waals surface area contributed by atoms with Gasteiger partial charge in [-0.05, 0) is 36.4 Å². The van der Waals surface area contributed by atoms with Gasteiger partial charge in [0.1, 0.15) is 11.6 Å². The Labute approximate surface area is 197 Å². The Morgan fingerprint density at radius 3 is 2.12 bits per heavy atom. The van der Waals surface area contributed by atoms with Crippen LogP contribution in [-0.2, 0) is 13.1 Å². The zero-order chi connectivity index (χ0) is 23.4. The molecule has 0 atom stereocenters. The molecule has 2 aromatic heterocycles. The van der Waals surface area contributed by atoms with Crippen molar-refractivity contribution in [3.05, 3.63) is 99.3 Å². The van der Waals surface area contributed by atoms with E-state index in [4.69, 9.17) is 23.2 Å². The van der Waals surface area contributed by atoms with Crippen LogP contribution >= 0.6 is 23.2 Å². The maximum absolute atomic E-state index is 14.2. The van der Waals surface area contributed by atoms with Crippen molar-refractivity contribution in [1.82, 2.24) is 19.7 Å². The summed E-state index contributed by atoms with van der Waals surface area (Å²) in [5, 5.41) is 10.4.